The molecule has 0 atom stereocenters. The maximum Gasteiger partial charge on any atom is 0.358 e. The maximum atomic E-state index is 14.2. The summed E-state index contributed by atoms with van der Waals surface area (Å²) in [6, 6.07) is 14.9. The SMILES string of the molecule is COC(=O)c1nc(N2CCc3cccc(C(=O)N(COCC[Si](C)(C)C)c4nc5ccccc5s4)c3C2)sc1I. The molecule has 40 heavy (non-hydrogen) atoms. The molecule has 1 amide bonds. The molecular weight excluding hydrogens is 675 g/mol. The molecule has 1 aliphatic rings. The van der Waals surface area contributed by atoms with Crippen molar-refractivity contribution < 1.29 is 19.1 Å². The highest BCUT2D eigenvalue weighted by Crippen LogP contribution is 2.34. The highest BCUT2D eigenvalue weighted by molar-refractivity contribution is 14.1. The first-order valence-corrected chi connectivity index (χ1v) is 19.4. The summed E-state index contributed by atoms with van der Waals surface area (Å²) in [7, 11) is 0.0806. The average molecular weight is 707 g/mol. The first kappa shape index (κ1) is 29.1. The van der Waals surface area contributed by atoms with Gasteiger partial charge >= 0.3 is 5.97 Å². The van der Waals surface area contributed by atoms with Gasteiger partial charge in [-0.15, -0.1) is 0 Å². The molecule has 2 aromatic carbocycles. The molecule has 0 fully saturated rings. The molecule has 0 N–H and O–H groups in total. The van der Waals surface area contributed by atoms with Crippen molar-refractivity contribution in [3.05, 3.63) is 67.7 Å². The number of rotatable bonds is 9. The zero-order chi connectivity index (χ0) is 28.4. The van der Waals surface area contributed by atoms with Gasteiger partial charge in [0.15, 0.2) is 16.0 Å². The van der Waals surface area contributed by atoms with E-state index < -0.39 is 14.0 Å². The Kier molecular flexibility index (Phi) is 8.90. The molecular formula is C28H31IN4O4S2Si. The number of hydrogen-bond acceptors (Lipinski definition) is 9. The molecule has 0 radical (unpaired) electrons. The zero-order valence-corrected chi connectivity index (χ0v) is 27.7. The molecule has 210 valence electrons. The molecule has 0 bridgehead atoms. The lowest BCUT2D eigenvalue weighted by Crippen LogP contribution is -2.37. The number of nitrogens with zero attached hydrogens (tertiary/aromatic N) is 4. The fraction of sp³-hybridized carbons (Fsp3) is 0.357. The monoisotopic (exact) mass is 706 g/mol. The first-order valence-electron chi connectivity index (χ1n) is 13.0. The zero-order valence-electron chi connectivity index (χ0n) is 22.9. The minimum absolute atomic E-state index is 0.130. The van der Waals surface area contributed by atoms with Crippen LogP contribution in [0.5, 0.6) is 0 Å². The molecule has 0 unspecified atom stereocenters. The number of para-hydroxylation sites is 1. The number of benzene rings is 2. The van der Waals surface area contributed by atoms with Gasteiger partial charge in [-0.2, -0.15) is 0 Å². The van der Waals surface area contributed by atoms with Crippen molar-refractivity contribution in [2.75, 3.05) is 36.8 Å². The van der Waals surface area contributed by atoms with E-state index in [1.54, 1.807) is 4.90 Å². The van der Waals surface area contributed by atoms with Crippen LogP contribution in [0.1, 0.15) is 32.0 Å². The molecule has 4 aromatic rings. The number of carbonyl (C=O) groups excluding carboxylic acids is 2. The van der Waals surface area contributed by atoms with Gasteiger partial charge in [0, 0.05) is 33.3 Å². The minimum atomic E-state index is -1.28. The summed E-state index contributed by atoms with van der Waals surface area (Å²) in [5, 5.41) is 1.37. The Labute approximate surface area is 256 Å². The fourth-order valence-electron chi connectivity index (χ4n) is 4.45. The summed E-state index contributed by atoms with van der Waals surface area (Å²) in [6.07, 6.45) is 0.772. The number of methoxy groups -OCH3 is 1. The lowest BCUT2D eigenvalue weighted by atomic mass is 9.94. The standard InChI is InChI=1S/C28H31IN4O4S2Si/c1-36-26(35)23-24(29)39-27(31-23)32-13-12-18-8-7-9-19(20(18)16-32)25(34)33(17-37-14-15-40(2,3)4)28-30-21-10-5-6-11-22(21)38-28/h5-11H,12-17H2,1-4H3. The number of ether oxygens (including phenoxy) is 2. The van der Waals surface area contributed by atoms with Gasteiger partial charge < -0.3 is 14.4 Å². The van der Waals surface area contributed by atoms with Crippen LogP contribution in [-0.2, 0) is 22.4 Å². The molecule has 3 heterocycles. The lowest BCUT2D eigenvalue weighted by molar-refractivity contribution is 0.0593. The second-order valence-electron chi connectivity index (χ2n) is 10.8. The van der Waals surface area contributed by atoms with Crippen LogP contribution >= 0.6 is 45.3 Å². The van der Waals surface area contributed by atoms with Crippen LogP contribution < -0.4 is 9.80 Å². The van der Waals surface area contributed by atoms with Crippen molar-refractivity contribution in [1.29, 1.82) is 0 Å². The molecule has 0 aliphatic carbocycles. The molecule has 5 rings (SSSR count). The Morgan fingerprint density at radius 2 is 1.90 bits per heavy atom. The highest BCUT2D eigenvalue weighted by atomic mass is 127. The van der Waals surface area contributed by atoms with Gasteiger partial charge in [-0.25, -0.2) is 14.8 Å². The molecule has 0 spiro atoms. The number of fused-ring (bicyclic) bond motifs is 2. The van der Waals surface area contributed by atoms with Gasteiger partial charge in [0.2, 0.25) is 0 Å². The van der Waals surface area contributed by atoms with E-state index in [9.17, 15) is 9.59 Å². The Morgan fingerprint density at radius 1 is 1.10 bits per heavy atom. The largest absolute Gasteiger partial charge is 0.464 e. The van der Waals surface area contributed by atoms with Crippen molar-refractivity contribution in [2.45, 2.75) is 38.7 Å². The van der Waals surface area contributed by atoms with Crippen LogP contribution in [0.4, 0.5) is 10.3 Å². The number of amides is 1. The van der Waals surface area contributed by atoms with E-state index in [0.717, 1.165) is 48.4 Å². The lowest BCUT2D eigenvalue weighted by Gasteiger charge is -2.31. The Balaban J connectivity index is 1.45. The first-order chi connectivity index (χ1) is 19.1. The number of aromatic nitrogens is 2. The van der Waals surface area contributed by atoms with Crippen LogP contribution in [0, 0.1) is 2.88 Å². The fourth-order valence-corrected chi connectivity index (χ4v) is 7.90. The summed E-state index contributed by atoms with van der Waals surface area (Å²) in [4.78, 5) is 39.5. The van der Waals surface area contributed by atoms with Crippen molar-refractivity contribution in [3.63, 3.8) is 0 Å². The number of esters is 1. The van der Waals surface area contributed by atoms with Crippen LogP contribution in [0.3, 0.4) is 0 Å². The quantitative estimate of drug-likeness (QED) is 0.0633. The van der Waals surface area contributed by atoms with Crippen LogP contribution in [0.2, 0.25) is 25.7 Å². The van der Waals surface area contributed by atoms with E-state index in [2.05, 4.69) is 58.2 Å². The summed E-state index contributed by atoms with van der Waals surface area (Å²) >= 11 is 5.08. The highest BCUT2D eigenvalue weighted by Gasteiger charge is 2.29. The molecule has 0 saturated heterocycles. The molecule has 8 nitrogen and oxygen atoms in total. The second-order valence-corrected chi connectivity index (χ2v) is 20.2. The van der Waals surface area contributed by atoms with Crippen LogP contribution in [0.15, 0.2) is 42.5 Å². The smallest absolute Gasteiger partial charge is 0.358 e. The third-order valence-corrected chi connectivity index (χ3v) is 11.5. The predicted molar refractivity (Wildman–Crippen MR) is 173 cm³/mol. The van der Waals surface area contributed by atoms with Crippen molar-refractivity contribution in [2.24, 2.45) is 0 Å². The molecule has 0 saturated carbocycles. The Bertz CT molecular complexity index is 1520. The average Bonchev–Trinajstić information content (AvgIpc) is 3.54. The normalized spacial score (nSPS) is 13.4. The number of halogens is 1. The van der Waals surface area contributed by atoms with Crippen LogP contribution in [0.25, 0.3) is 10.2 Å². The minimum Gasteiger partial charge on any atom is -0.464 e. The van der Waals surface area contributed by atoms with Gasteiger partial charge in [-0.05, 0) is 64.4 Å². The topological polar surface area (TPSA) is 84.9 Å². The molecule has 1 aliphatic heterocycles. The summed E-state index contributed by atoms with van der Waals surface area (Å²) in [5.74, 6) is -0.574. The number of hydrogen-bond donors (Lipinski definition) is 0. The van der Waals surface area contributed by atoms with E-state index in [-0.39, 0.29) is 12.6 Å². The van der Waals surface area contributed by atoms with E-state index in [1.807, 2.05) is 36.4 Å². The van der Waals surface area contributed by atoms with Gasteiger partial charge in [0.05, 0.1) is 17.3 Å². The van der Waals surface area contributed by atoms with Crippen molar-refractivity contribution in [3.8, 4) is 0 Å². The third-order valence-electron chi connectivity index (χ3n) is 6.70. The molecule has 2 aromatic heterocycles. The Hall–Kier alpha value is -2.39. The summed E-state index contributed by atoms with van der Waals surface area (Å²) < 4.78 is 12.8. The third kappa shape index (κ3) is 6.40. The van der Waals surface area contributed by atoms with E-state index in [4.69, 9.17) is 14.5 Å². The number of anilines is 2. The van der Waals surface area contributed by atoms with E-state index in [0.29, 0.717) is 29.5 Å². The Morgan fingerprint density at radius 3 is 2.65 bits per heavy atom. The van der Waals surface area contributed by atoms with Gasteiger partial charge in [-0.1, -0.05) is 66.6 Å². The molecule has 12 heteroatoms. The van der Waals surface area contributed by atoms with Gasteiger partial charge in [-0.3, -0.25) is 9.69 Å². The van der Waals surface area contributed by atoms with Crippen LogP contribution in [-0.4, -0.2) is 56.9 Å². The number of thiazole rings is 2. The van der Waals surface area contributed by atoms with Crippen molar-refractivity contribution >= 4 is 85.7 Å². The summed E-state index contributed by atoms with van der Waals surface area (Å²) in [5.41, 5.74) is 3.94. The van der Waals surface area contributed by atoms with E-state index in [1.165, 1.54) is 29.8 Å². The van der Waals surface area contributed by atoms with Gasteiger partial charge in [0.1, 0.15) is 9.61 Å². The maximum absolute atomic E-state index is 14.2. The van der Waals surface area contributed by atoms with E-state index >= 15 is 0 Å². The van der Waals surface area contributed by atoms with Gasteiger partial charge in [0.25, 0.3) is 5.91 Å². The number of carbonyl (C=O) groups is 2. The van der Waals surface area contributed by atoms with Crippen molar-refractivity contribution in [1.82, 2.24) is 9.97 Å². The summed E-state index contributed by atoms with van der Waals surface area (Å²) in [6.45, 7) is 8.95. The predicted octanol–water partition coefficient (Wildman–Crippen LogP) is 6.67. The second kappa shape index (κ2) is 12.2.